The van der Waals surface area contributed by atoms with Crippen molar-refractivity contribution in [1.29, 1.82) is 0 Å². The van der Waals surface area contributed by atoms with Crippen molar-refractivity contribution in [2.24, 2.45) is 5.73 Å². The largest absolute Gasteiger partial charge is 0.383 e. The van der Waals surface area contributed by atoms with Crippen molar-refractivity contribution in [1.82, 2.24) is 0 Å². The Morgan fingerprint density at radius 2 is 1.79 bits per heavy atom. The van der Waals surface area contributed by atoms with Crippen LogP contribution >= 0.6 is 11.6 Å². The molecule has 19 heavy (non-hydrogen) atoms. The van der Waals surface area contributed by atoms with E-state index < -0.39 is 0 Å². The van der Waals surface area contributed by atoms with Crippen molar-refractivity contribution in [3.63, 3.8) is 0 Å². The molecule has 0 unspecified atom stereocenters. The van der Waals surface area contributed by atoms with E-state index in [9.17, 15) is 0 Å². The zero-order valence-electron chi connectivity index (χ0n) is 11.7. The highest BCUT2D eigenvalue weighted by atomic mass is 35.5. The Kier molecular flexibility index (Phi) is 7.82. The van der Waals surface area contributed by atoms with Gasteiger partial charge in [-0.05, 0) is 30.7 Å². The zero-order chi connectivity index (χ0) is 14.1. The molecule has 0 aliphatic heterocycles. The molecule has 5 heteroatoms. The van der Waals surface area contributed by atoms with Gasteiger partial charge in [-0.15, -0.1) is 0 Å². The molecule has 0 heterocycles. The number of methoxy groups -OCH3 is 2. The smallest absolute Gasteiger partial charge is 0.0637 e. The van der Waals surface area contributed by atoms with Crippen molar-refractivity contribution in [3.05, 3.63) is 28.8 Å². The SMILES string of the molecule is COCCN(CCOC)c1cc(Cl)ccc1CCN. The van der Waals surface area contributed by atoms with Crippen LogP contribution in [0, 0.1) is 0 Å². The Balaban J connectivity index is 2.93. The molecule has 4 nitrogen and oxygen atoms in total. The molecule has 0 saturated heterocycles. The van der Waals surface area contributed by atoms with E-state index in [1.165, 1.54) is 5.56 Å². The first-order valence-corrected chi connectivity index (χ1v) is 6.82. The van der Waals surface area contributed by atoms with Crippen LogP contribution in [-0.4, -0.2) is 47.1 Å². The molecule has 1 rings (SSSR count). The minimum absolute atomic E-state index is 0.622. The number of hydrogen-bond donors (Lipinski definition) is 1. The van der Waals surface area contributed by atoms with Crippen molar-refractivity contribution < 1.29 is 9.47 Å². The van der Waals surface area contributed by atoms with Gasteiger partial charge in [0.2, 0.25) is 0 Å². The van der Waals surface area contributed by atoms with E-state index >= 15 is 0 Å². The summed E-state index contributed by atoms with van der Waals surface area (Å²) in [4.78, 5) is 2.23. The second kappa shape index (κ2) is 9.15. The quantitative estimate of drug-likeness (QED) is 0.754. The first-order valence-electron chi connectivity index (χ1n) is 6.44. The van der Waals surface area contributed by atoms with Gasteiger partial charge in [-0.3, -0.25) is 0 Å². The van der Waals surface area contributed by atoms with Gasteiger partial charge in [0.15, 0.2) is 0 Å². The van der Waals surface area contributed by atoms with Crippen molar-refractivity contribution in [2.75, 3.05) is 52.0 Å². The summed E-state index contributed by atoms with van der Waals surface area (Å²) in [5.41, 5.74) is 7.99. The van der Waals surface area contributed by atoms with Crippen LogP contribution in [-0.2, 0) is 15.9 Å². The average molecular weight is 287 g/mol. The van der Waals surface area contributed by atoms with Gasteiger partial charge >= 0.3 is 0 Å². The molecular formula is C14H23ClN2O2. The van der Waals surface area contributed by atoms with E-state index in [0.717, 1.165) is 30.2 Å². The first kappa shape index (κ1) is 16.2. The maximum Gasteiger partial charge on any atom is 0.0637 e. The molecular weight excluding hydrogens is 264 g/mol. The van der Waals surface area contributed by atoms with Gasteiger partial charge in [0.25, 0.3) is 0 Å². The minimum Gasteiger partial charge on any atom is -0.383 e. The van der Waals surface area contributed by atoms with E-state index in [2.05, 4.69) is 4.90 Å². The third kappa shape index (κ3) is 5.37. The number of rotatable bonds is 9. The fraction of sp³-hybridized carbons (Fsp3) is 0.571. The second-order valence-corrected chi connectivity index (χ2v) is 4.72. The number of halogens is 1. The first-order chi connectivity index (χ1) is 9.22. The van der Waals surface area contributed by atoms with E-state index in [1.54, 1.807) is 14.2 Å². The second-order valence-electron chi connectivity index (χ2n) is 4.28. The van der Waals surface area contributed by atoms with Crippen LogP contribution in [0.3, 0.4) is 0 Å². The standard InChI is InChI=1S/C14H23ClN2O2/c1-18-9-7-17(8-10-19-2)14-11-13(15)4-3-12(14)5-6-16/h3-4,11H,5-10,16H2,1-2H3. The fourth-order valence-corrected chi connectivity index (χ4v) is 2.12. The van der Waals surface area contributed by atoms with Crippen molar-refractivity contribution >= 4 is 17.3 Å². The number of nitrogens with two attached hydrogens (primary N) is 1. The molecule has 108 valence electrons. The highest BCUT2D eigenvalue weighted by Gasteiger charge is 2.11. The molecule has 2 N–H and O–H groups in total. The number of benzene rings is 1. The van der Waals surface area contributed by atoms with E-state index in [0.29, 0.717) is 19.8 Å². The van der Waals surface area contributed by atoms with Gasteiger partial charge in [0.05, 0.1) is 13.2 Å². The lowest BCUT2D eigenvalue weighted by molar-refractivity contribution is 0.190. The van der Waals surface area contributed by atoms with Crippen LogP contribution in [0.1, 0.15) is 5.56 Å². The zero-order valence-corrected chi connectivity index (χ0v) is 12.4. The Bertz CT molecular complexity index is 366. The lowest BCUT2D eigenvalue weighted by Crippen LogP contribution is -2.31. The van der Waals surface area contributed by atoms with Gasteiger partial charge in [0.1, 0.15) is 0 Å². The number of hydrogen-bond acceptors (Lipinski definition) is 4. The molecule has 0 aliphatic carbocycles. The summed E-state index contributed by atoms with van der Waals surface area (Å²) < 4.78 is 10.3. The van der Waals surface area contributed by atoms with Crippen LogP contribution in [0.2, 0.25) is 5.02 Å². The molecule has 0 atom stereocenters. The van der Waals surface area contributed by atoms with E-state index in [1.807, 2.05) is 18.2 Å². The van der Waals surface area contributed by atoms with Gasteiger partial charge in [-0.2, -0.15) is 0 Å². The van der Waals surface area contributed by atoms with Gasteiger partial charge in [-0.1, -0.05) is 17.7 Å². The number of anilines is 1. The summed E-state index contributed by atoms with van der Waals surface area (Å²) in [6.45, 7) is 3.56. The molecule has 0 aliphatic rings. The normalized spacial score (nSPS) is 10.7. The summed E-state index contributed by atoms with van der Waals surface area (Å²) in [7, 11) is 3.40. The summed E-state index contributed by atoms with van der Waals surface area (Å²) >= 11 is 6.11. The summed E-state index contributed by atoms with van der Waals surface area (Å²) in [5.74, 6) is 0. The van der Waals surface area contributed by atoms with Crippen LogP contribution in [0.4, 0.5) is 5.69 Å². The predicted molar refractivity (Wildman–Crippen MR) is 80.2 cm³/mol. The Labute approximate surface area is 120 Å². The van der Waals surface area contributed by atoms with Crippen LogP contribution in [0.15, 0.2) is 18.2 Å². The molecule has 0 aromatic heterocycles. The Morgan fingerprint density at radius 3 is 2.32 bits per heavy atom. The summed E-state index contributed by atoms with van der Waals surface area (Å²) in [6, 6.07) is 5.93. The molecule has 1 aromatic rings. The molecule has 1 aromatic carbocycles. The molecule has 0 radical (unpaired) electrons. The molecule has 0 amide bonds. The fourth-order valence-electron chi connectivity index (χ4n) is 1.95. The molecule has 0 fully saturated rings. The van der Waals surface area contributed by atoms with Crippen molar-refractivity contribution in [3.8, 4) is 0 Å². The highest BCUT2D eigenvalue weighted by molar-refractivity contribution is 6.30. The van der Waals surface area contributed by atoms with Gasteiger partial charge in [-0.25, -0.2) is 0 Å². The maximum atomic E-state index is 6.11. The average Bonchev–Trinajstić information content (AvgIpc) is 2.41. The topological polar surface area (TPSA) is 47.7 Å². The molecule has 0 saturated carbocycles. The lowest BCUT2D eigenvalue weighted by Gasteiger charge is -2.27. The minimum atomic E-state index is 0.622. The van der Waals surface area contributed by atoms with Gasteiger partial charge in [0, 0.05) is 38.0 Å². The van der Waals surface area contributed by atoms with E-state index in [4.69, 9.17) is 26.8 Å². The Hall–Kier alpha value is -0.810. The lowest BCUT2D eigenvalue weighted by atomic mass is 10.1. The van der Waals surface area contributed by atoms with Crippen LogP contribution < -0.4 is 10.6 Å². The molecule has 0 bridgehead atoms. The van der Waals surface area contributed by atoms with Crippen LogP contribution in [0.5, 0.6) is 0 Å². The maximum absolute atomic E-state index is 6.11. The summed E-state index contributed by atoms with van der Waals surface area (Å²) in [6.07, 6.45) is 0.836. The Morgan fingerprint density at radius 1 is 1.16 bits per heavy atom. The number of nitrogens with zero attached hydrogens (tertiary/aromatic N) is 1. The van der Waals surface area contributed by atoms with Crippen LogP contribution in [0.25, 0.3) is 0 Å². The highest BCUT2D eigenvalue weighted by Crippen LogP contribution is 2.25. The molecule has 0 spiro atoms. The number of ether oxygens (including phenoxy) is 2. The third-order valence-corrected chi connectivity index (χ3v) is 3.17. The van der Waals surface area contributed by atoms with Gasteiger partial charge < -0.3 is 20.1 Å². The van der Waals surface area contributed by atoms with E-state index in [-0.39, 0.29) is 0 Å². The van der Waals surface area contributed by atoms with Crippen molar-refractivity contribution in [2.45, 2.75) is 6.42 Å². The predicted octanol–water partition coefficient (Wildman–Crippen LogP) is 1.94. The monoisotopic (exact) mass is 286 g/mol. The third-order valence-electron chi connectivity index (χ3n) is 2.93. The summed E-state index contributed by atoms with van der Waals surface area (Å²) in [5, 5.41) is 0.732.